The summed E-state index contributed by atoms with van der Waals surface area (Å²) >= 11 is 0.814. The van der Waals surface area contributed by atoms with Crippen LogP contribution in [0.25, 0.3) is 21.9 Å². The van der Waals surface area contributed by atoms with Crippen LogP contribution < -0.4 is 10.1 Å². The molecule has 0 saturated heterocycles. The summed E-state index contributed by atoms with van der Waals surface area (Å²) in [4.78, 5) is 22.9. The Morgan fingerprint density at radius 3 is 2.69 bits per heavy atom. The van der Waals surface area contributed by atoms with E-state index in [0.717, 1.165) is 27.7 Å². The van der Waals surface area contributed by atoms with Gasteiger partial charge in [0.2, 0.25) is 0 Å². The van der Waals surface area contributed by atoms with Gasteiger partial charge in [0, 0.05) is 22.9 Å². The molecule has 0 spiro atoms. The maximum atomic E-state index is 12.4. The van der Waals surface area contributed by atoms with Crippen LogP contribution in [0.2, 0.25) is 0 Å². The van der Waals surface area contributed by atoms with Crippen molar-refractivity contribution in [2.75, 3.05) is 12.4 Å². The number of ether oxygens (including phenoxy) is 1. The van der Waals surface area contributed by atoms with E-state index in [1.54, 1.807) is 12.1 Å². The Kier molecular flexibility index (Phi) is 3.81. The highest BCUT2D eigenvalue weighted by atomic mass is 32.1. The number of nitrogens with one attached hydrogen (secondary N) is 1. The van der Waals surface area contributed by atoms with Crippen LogP contribution in [0.4, 0.5) is 10.7 Å². The molecule has 0 aliphatic rings. The lowest BCUT2D eigenvalue weighted by Gasteiger charge is -2.09. The lowest BCUT2D eigenvalue weighted by molar-refractivity contribution is -0.380. The average Bonchev–Trinajstić information content (AvgIpc) is 3.25. The Morgan fingerprint density at radius 1 is 1.15 bits per heavy atom. The van der Waals surface area contributed by atoms with Crippen LogP contribution in [0.15, 0.2) is 52.9 Å². The second-order valence-corrected chi connectivity index (χ2v) is 6.56. The van der Waals surface area contributed by atoms with E-state index in [2.05, 4.69) is 5.32 Å². The highest BCUT2D eigenvalue weighted by molar-refractivity contribution is 7.17. The van der Waals surface area contributed by atoms with Gasteiger partial charge in [-0.25, -0.2) is 0 Å². The van der Waals surface area contributed by atoms with Crippen molar-refractivity contribution in [2.24, 2.45) is 0 Å². The van der Waals surface area contributed by atoms with Gasteiger partial charge < -0.3 is 14.5 Å². The van der Waals surface area contributed by atoms with Crippen LogP contribution in [-0.2, 0) is 0 Å². The van der Waals surface area contributed by atoms with Crippen LogP contribution >= 0.6 is 11.3 Å². The minimum absolute atomic E-state index is 0.0881. The van der Waals surface area contributed by atoms with Crippen molar-refractivity contribution in [3.63, 3.8) is 0 Å². The van der Waals surface area contributed by atoms with Gasteiger partial charge in [-0.05, 0) is 18.2 Å². The zero-order valence-electron chi connectivity index (χ0n) is 13.5. The second kappa shape index (κ2) is 6.16. The second-order valence-electron chi connectivity index (χ2n) is 5.50. The predicted octanol–water partition coefficient (Wildman–Crippen LogP) is 4.82. The molecular formula is C18H12N2O5S. The summed E-state index contributed by atoms with van der Waals surface area (Å²) in [6, 6.07) is 13.8. The van der Waals surface area contributed by atoms with Crippen molar-refractivity contribution in [2.45, 2.75) is 0 Å². The number of nitro groups is 1. The van der Waals surface area contributed by atoms with Crippen LogP contribution in [0.5, 0.6) is 5.75 Å². The van der Waals surface area contributed by atoms with E-state index in [-0.39, 0.29) is 9.88 Å². The fraction of sp³-hybridized carbons (Fsp3) is 0.0556. The van der Waals surface area contributed by atoms with E-state index in [0.29, 0.717) is 17.0 Å². The van der Waals surface area contributed by atoms with E-state index in [1.807, 2.05) is 24.3 Å². The lowest BCUT2D eigenvalue weighted by Crippen LogP contribution is -2.11. The summed E-state index contributed by atoms with van der Waals surface area (Å²) in [6.45, 7) is 0. The zero-order valence-corrected chi connectivity index (χ0v) is 14.3. The monoisotopic (exact) mass is 368 g/mol. The largest absolute Gasteiger partial charge is 0.495 e. The third-order valence-corrected chi connectivity index (χ3v) is 4.98. The van der Waals surface area contributed by atoms with Crippen LogP contribution in [0, 0.1) is 10.1 Å². The molecule has 8 heteroatoms. The van der Waals surface area contributed by atoms with E-state index in [1.165, 1.54) is 19.2 Å². The van der Waals surface area contributed by atoms with Gasteiger partial charge in [0.25, 0.3) is 5.91 Å². The number of carbonyl (C=O) groups is 1. The van der Waals surface area contributed by atoms with Crippen molar-refractivity contribution < 1.29 is 18.9 Å². The highest BCUT2D eigenvalue weighted by Crippen LogP contribution is 2.36. The number of benzene rings is 2. The normalized spacial score (nSPS) is 11.0. The van der Waals surface area contributed by atoms with Gasteiger partial charge in [-0.2, -0.15) is 0 Å². The van der Waals surface area contributed by atoms with Gasteiger partial charge in [-0.15, -0.1) is 0 Å². The molecule has 0 aliphatic carbocycles. The molecule has 130 valence electrons. The Balaban J connectivity index is 1.73. The zero-order chi connectivity index (χ0) is 18.3. The molecule has 0 fully saturated rings. The number of hydrogen-bond donors (Lipinski definition) is 1. The first-order chi connectivity index (χ1) is 12.6. The Labute approximate surface area is 150 Å². The Bertz CT molecular complexity index is 1160. The molecule has 4 aromatic rings. The first-order valence-electron chi connectivity index (χ1n) is 7.61. The molecule has 2 aromatic carbocycles. The van der Waals surface area contributed by atoms with Gasteiger partial charge in [-0.3, -0.25) is 14.9 Å². The molecule has 0 saturated carbocycles. The van der Waals surface area contributed by atoms with Gasteiger partial charge in [0.15, 0.2) is 0 Å². The first-order valence-corrected chi connectivity index (χ1v) is 8.43. The molecule has 0 unspecified atom stereocenters. The summed E-state index contributed by atoms with van der Waals surface area (Å²) in [5, 5.41) is 15.2. The summed E-state index contributed by atoms with van der Waals surface area (Å²) < 4.78 is 11.2. The highest BCUT2D eigenvalue weighted by Gasteiger charge is 2.18. The minimum atomic E-state index is -0.525. The number of rotatable bonds is 4. The number of nitrogens with zero attached hydrogens (tertiary/aromatic N) is 1. The van der Waals surface area contributed by atoms with E-state index in [9.17, 15) is 14.9 Å². The third-order valence-electron chi connectivity index (χ3n) is 3.94. The summed E-state index contributed by atoms with van der Waals surface area (Å²) in [6.07, 6.45) is 0. The average molecular weight is 368 g/mol. The molecule has 7 nitrogen and oxygen atoms in total. The van der Waals surface area contributed by atoms with Crippen LogP contribution in [-0.4, -0.2) is 17.9 Å². The summed E-state index contributed by atoms with van der Waals surface area (Å²) in [5.74, 6) is 0.0281. The van der Waals surface area contributed by atoms with Gasteiger partial charge in [0.1, 0.15) is 16.9 Å². The number of amides is 1. The minimum Gasteiger partial charge on any atom is -0.495 e. The van der Waals surface area contributed by atoms with Gasteiger partial charge in [0.05, 0.1) is 22.6 Å². The number of methoxy groups -OCH3 is 1. The molecule has 1 N–H and O–H groups in total. The Hall–Kier alpha value is -3.39. The van der Waals surface area contributed by atoms with E-state index >= 15 is 0 Å². The molecule has 26 heavy (non-hydrogen) atoms. The molecule has 0 aliphatic heterocycles. The van der Waals surface area contributed by atoms with Gasteiger partial charge in [-0.1, -0.05) is 29.5 Å². The molecule has 1 amide bonds. The maximum absolute atomic E-state index is 12.4. The SMILES string of the molecule is COc1cc2c(cc1NC(=O)c1ccc([N+](=O)[O-])s1)oc1ccccc12. The molecule has 0 atom stereocenters. The first kappa shape index (κ1) is 16.1. The van der Waals surface area contributed by atoms with Crippen LogP contribution in [0.3, 0.4) is 0 Å². The van der Waals surface area contributed by atoms with Crippen molar-refractivity contribution >= 4 is 49.9 Å². The number of fused-ring (bicyclic) bond motifs is 3. The fourth-order valence-corrected chi connectivity index (χ4v) is 3.47. The molecule has 4 rings (SSSR count). The lowest BCUT2D eigenvalue weighted by atomic mass is 10.1. The number of hydrogen-bond acceptors (Lipinski definition) is 6. The molecule has 2 heterocycles. The van der Waals surface area contributed by atoms with Crippen molar-refractivity contribution in [1.29, 1.82) is 0 Å². The molecular weight excluding hydrogens is 356 g/mol. The van der Waals surface area contributed by atoms with Crippen molar-refractivity contribution in [1.82, 2.24) is 0 Å². The van der Waals surface area contributed by atoms with Gasteiger partial charge >= 0.3 is 5.00 Å². The number of furan rings is 1. The van der Waals surface area contributed by atoms with Crippen molar-refractivity contribution in [3.05, 3.63) is 63.5 Å². The van der Waals surface area contributed by atoms with Crippen LogP contribution in [0.1, 0.15) is 9.67 Å². The van der Waals surface area contributed by atoms with Crippen molar-refractivity contribution in [3.8, 4) is 5.75 Å². The Morgan fingerprint density at radius 2 is 1.96 bits per heavy atom. The fourth-order valence-electron chi connectivity index (χ4n) is 2.75. The van der Waals surface area contributed by atoms with E-state index < -0.39 is 10.8 Å². The third kappa shape index (κ3) is 2.66. The number of para-hydroxylation sites is 1. The predicted molar refractivity (Wildman–Crippen MR) is 99.2 cm³/mol. The molecule has 0 radical (unpaired) electrons. The maximum Gasteiger partial charge on any atom is 0.324 e. The topological polar surface area (TPSA) is 94.6 Å². The number of thiophene rings is 1. The van der Waals surface area contributed by atoms with E-state index in [4.69, 9.17) is 9.15 Å². The number of anilines is 1. The smallest absolute Gasteiger partial charge is 0.324 e. The summed E-state index contributed by atoms with van der Waals surface area (Å²) in [5.41, 5.74) is 1.78. The molecule has 2 aromatic heterocycles. The molecule has 0 bridgehead atoms. The summed E-state index contributed by atoms with van der Waals surface area (Å²) in [7, 11) is 1.51. The standard InChI is InChI=1S/C18H12N2O5S/c1-24-15-8-11-10-4-2-3-5-13(10)25-14(11)9-12(15)19-18(21)16-6-7-17(26-16)20(22)23/h2-9H,1H3,(H,19,21). The quantitative estimate of drug-likeness (QED) is 0.412. The number of carbonyl (C=O) groups excluding carboxylic acids is 1.